The summed E-state index contributed by atoms with van der Waals surface area (Å²) in [5, 5.41) is 0. The van der Waals surface area contributed by atoms with Crippen LogP contribution >= 0.6 is 15.9 Å². The van der Waals surface area contributed by atoms with Crippen molar-refractivity contribution in [3.05, 3.63) is 0 Å². The second-order valence-electron chi connectivity index (χ2n) is 5.30. The normalized spacial score (nSPS) is 29.4. The standard InChI is InChI=1S/C12H24BrNO/c1-10-9-14(7-5-11(10)13)8-6-12(2,3)15-4/h10-11H,5-9H2,1-4H3. The van der Waals surface area contributed by atoms with Crippen molar-refractivity contribution in [2.24, 2.45) is 5.92 Å². The van der Waals surface area contributed by atoms with E-state index in [-0.39, 0.29) is 5.60 Å². The average Bonchev–Trinajstić information content (AvgIpc) is 2.20. The third-order valence-electron chi connectivity index (χ3n) is 3.47. The van der Waals surface area contributed by atoms with Gasteiger partial charge in [0.15, 0.2) is 0 Å². The van der Waals surface area contributed by atoms with E-state index in [0.717, 1.165) is 18.9 Å². The van der Waals surface area contributed by atoms with Gasteiger partial charge in [-0.05, 0) is 39.2 Å². The van der Waals surface area contributed by atoms with Gasteiger partial charge in [-0.15, -0.1) is 0 Å². The maximum Gasteiger partial charge on any atom is 0.0634 e. The van der Waals surface area contributed by atoms with Crippen LogP contribution in [0.15, 0.2) is 0 Å². The van der Waals surface area contributed by atoms with Crippen LogP contribution in [0.3, 0.4) is 0 Å². The van der Waals surface area contributed by atoms with E-state index in [1.807, 2.05) is 0 Å². The molecule has 1 rings (SSSR count). The lowest BCUT2D eigenvalue weighted by molar-refractivity contribution is 0.00478. The first kappa shape index (κ1) is 13.5. The van der Waals surface area contributed by atoms with Crippen LogP contribution in [-0.4, -0.2) is 42.1 Å². The Morgan fingerprint density at radius 1 is 1.47 bits per heavy atom. The molecule has 1 fully saturated rings. The van der Waals surface area contributed by atoms with Crippen molar-refractivity contribution in [3.63, 3.8) is 0 Å². The Labute approximate surface area is 102 Å². The lowest BCUT2D eigenvalue weighted by Crippen LogP contribution is -2.42. The molecule has 0 radical (unpaired) electrons. The number of nitrogens with zero attached hydrogens (tertiary/aromatic N) is 1. The zero-order valence-corrected chi connectivity index (χ0v) is 12.0. The SMILES string of the molecule is COC(C)(C)CCN1CCC(Br)C(C)C1. The van der Waals surface area contributed by atoms with E-state index >= 15 is 0 Å². The molecule has 1 saturated heterocycles. The summed E-state index contributed by atoms with van der Waals surface area (Å²) in [6, 6.07) is 0. The molecule has 1 heterocycles. The summed E-state index contributed by atoms with van der Waals surface area (Å²) in [6.45, 7) is 10.2. The first-order chi connectivity index (χ1) is 6.94. The van der Waals surface area contributed by atoms with Gasteiger partial charge in [-0.1, -0.05) is 22.9 Å². The largest absolute Gasteiger partial charge is 0.379 e. The predicted molar refractivity (Wildman–Crippen MR) is 68.6 cm³/mol. The minimum Gasteiger partial charge on any atom is -0.379 e. The average molecular weight is 278 g/mol. The molecule has 0 aromatic carbocycles. The molecule has 0 aromatic heterocycles. The van der Waals surface area contributed by atoms with E-state index in [1.165, 1.54) is 19.5 Å². The predicted octanol–water partition coefficient (Wildman–Crippen LogP) is 2.91. The molecule has 3 heteroatoms. The van der Waals surface area contributed by atoms with Crippen molar-refractivity contribution in [2.75, 3.05) is 26.7 Å². The van der Waals surface area contributed by atoms with Gasteiger partial charge in [0.2, 0.25) is 0 Å². The number of likely N-dealkylation sites (tertiary alicyclic amines) is 1. The summed E-state index contributed by atoms with van der Waals surface area (Å²) in [6.07, 6.45) is 2.39. The third kappa shape index (κ3) is 4.41. The van der Waals surface area contributed by atoms with Crippen LogP contribution < -0.4 is 0 Å². The Kier molecular flexibility index (Phi) is 5.07. The van der Waals surface area contributed by atoms with Gasteiger partial charge in [-0.3, -0.25) is 0 Å². The maximum absolute atomic E-state index is 5.44. The van der Waals surface area contributed by atoms with Gasteiger partial charge < -0.3 is 9.64 Å². The lowest BCUT2D eigenvalue weighted by atomic mass is 9.98. The molecule has 90 valence electrons. The quantitative estimate of drug-likeness (QED) is 0.733. The number of piperidine rings is 1. The number of rotatable bonds is 4. The van der Waals surface area contributed by atoms with Crippen molar-refractivity contribution in [1.29, 1.82) is 0 Å². The fraction of sp³-hybridized carbons (Fsp3) is 1.00. The number of hydrogen-bond donors (Lipinski definition) is 0. The maximum atomic E-state index is 5.44. The highest BCUT2D eigenvalue weighted by molar-refractivity contribution is 9.09. The van der Waals surface area contributed by atoms with Crippen LogP contribution in [-0.2, 0) is 4.74 Å². The van der Waals surface area contributed by atoms with Gasteiger partial charge in [0.05, 0.1) is 5.60 Å². The molecule has 2 unspecified atom stereocenters. The Bertz CT molecular complexity index is 196. The van der Waals surface area contributed by atoms with Crippen molar-refractivity contribution in [2.45, 2.75) is 44.0 Å². The molecule has 0 saturated carbocycles. The Hall–Kier alpha value is 0.400. The Balaban J connectivity index is 2.28. The molecule has 0 spiro atoms. The van der Waals surface area contributed by atoms with E-state index in [0.29, 0.717) is 4.83 Å². The second kappa shape index (κ2) is 5.65. The molecule has 2 nitrogen and oxygen atoms in total. The van der Waals surface area contributed by atoms with E-state index in [1.54, 1.807) is 7.11 Å². The van der Waals surface area contributed by atoms with Crippen LogP contribution in [0.25, 0.3) is 0 Å². The van der Waals surface area contributed by atoms with E-state index in [2.05, 4.69) is 41.6 Å². The van der Waals surface area contributed by atoms with Crippen molar-refractivity contribution in [1.82, 2.24) is 4.90 Å². The molecular formula is C12H24BrNO. The van der Waals surface area contributed by atoms with Crippen molar-refractivity contribution < 1.29 is 4.74 Å². The van der Waals surface area contributed by atoms with Gasteiger partial charge >= 0.3 is 0 Å². The highest BCUT2D eigenvalue weighted by Crippen LogP contribution is 2.24. The number of halogens is 1. The highest BCUT2D eigenvalue weighted by atomic mass is 79.9. The van der Waals surface area contributed by atoms with E-state index in [4.69, 9.17) is 4.74 Å². The Morgan fingerprint density at radius 2 is 2.13 bits per heavy atom. The first-order valence-electron chi connectivity index (χ1n) is 5.86. The minimum atomic E-state index is 0.0223. The zero-order chi connectivity index (χ0) is 11.5. The summed E-state index contributed by atoms with van der Waals surface area (Å²) >= 11 is 3.73. The lowest BCUT2D eigenvalue weighted by Gasteiger charge is -2.36. The third-order valence-corrected chi connectivity index (χ3v) is 4.83. The zero-order valence-electron chi connectivity index (χ0n) is 10.4. The van der Waals surface area contributed by atoms with Gasteiger partial charge in [-0.2, -0.15) is 0 Å². The van der Waals surface area contributed by atoms with Gasteiger partial charge in [-0.25, -0.2) is 0 Å². The van der Waals surface area contributed by atoms with Crippen LogP contribution in [0, 0.1) is 5.92 Å². The summed E-state index contributed by atoms with van der Waals surface area (Å²) in [5.74, 6) is 0.768. The summed E-state index contributed by atoms with van der Waals surface area (Å²) < 4.78 is 5.44. The highest BCUT2D eigenvalue weighted by Gasteiger charge is 2.25. The molecule has 15 heavy (non-hydrogen) atoms. The molecule has 0 aliphatic carbocycles. The molecule has 2 atom stereocenters. The fourth-order valence-electron chi connectivity index (χ4n) is 1.94. The van der Waals surface area contributed by atoms with Crippen LogP contribution in [0.5, 0.6) is 0 Å². The molecule has 0 amide bonds. The number of hydrogen-bond acceptors (Lipinski definition) is 2. The monoisotopic (exact) mass is 277 g/mol. The van der Waals surface area contributed by atoms with Gasteiger partial charge in [0.1, 0.15) is 0 Å². The van der Waals surface area contributed by atoms with E-state index < -0.39 is 0 Å². The minimum absolute atomic E-state index is 0.0223. The Morgan fingerprint density at radius 3 is 2.67 bits per heavy atom. The van der Waals surface area contributed by atoms with Crippen molar-refractivity contribution in [3.8, 4) is 0 Å². The topological polar surface area (TPSA) is 12.5 Å². The molecule has 1 aliphatic rings. The second-order valence-corrected chi connectivity index (χ2v) is 6.47. The fourth-order valence-corrected chi connectivity index (χ4v) is 2.31. The summed E-state index contributed by atoms with van der Waals surface area (Å²) in [7, 11) is 1.80. The molecule has 0 aromatic rings. The molecular weight excluding hydrogens is 254 g/mol. The summed E-state index contributed by atoms with van der Waals surface area (Å²) in [5.41, 5.74) is 0.0223. The number of alkyl halides is 1. The molecule has 0 bridgehead atoms. The van der Waals surface area contributed by atoms with Gasteiger partial charge in [0.25, 0.3) is 0 Å². The number of methoxy groups -OCH3 is 1. The van der Waals surface area contributed by atoms with Crippen LogP contribution in [0.1, 0.15) is 33.6 Å². The number of ether oxygens (including phenoxy) is 1. The molecule has 1 aliphatic heterocycles. The summed E-state index contributed by atoms with van der Waals surface area (Å²) in [4.78, 5) is 3.27. The van der Waals surface area contributed by atoms with Crippen molar-refractivity contribution >= 4 is 15.9 Å². The smallest absolute Gasteiger partial charge is 0.0634 e. The molecule has 0 N–H and O–H groups in total. The van der Waals surface area contributed by atoms with Crippen LogP contribution in [0.4, 0.5) is 0 Å². The van der Waals surface area contributed by atoms with Crippen LogP contribution in [0.2, 0.25) is 0 Å². The first-order valence-corrected chi connectivity index (χ1v) is 6.78. The van der Waals surface area contributed by atoms with E-state index in [9.17, 15) is 0 Å². The van der Waals surface area contributed by atoms with Gasteiger partial charge in [0, 0.05) is 25.0 Å².